The van der Waals surface area contributed by atoms with Crippen molar-refractivity contribution < 1.29 is 5.11 Å². The van der Waals surface area contributed by atoms with Gasteiger partial charge in [0.1, 0.15) is 11.6 Å². The van der Waals surface area contributed by atoms with E-state index in [1.165, 1.54) is 0 Å². The highest BCUT2D eigenvalue weighted by molar-refractivity contribution is 5.50. The van der Waals surface area contributed by atoms with Gasteiger partial charge in [0, 0.05) is 19.2 Å². The highest BCUT2D eigenvalue weighted by Crippen LogP contribution is 2.23. The first-order chi connectivity index (χ1) is 7.56. The largest absolute Gasteiger partial charge is 0.393 e. The molecule has 0 radical (unpaired) electrons. The Bertz CT molecular complexity index is 363. The van der Waals surface area contributed by atoms with Gasteiger partial charge in [-0.3, -0.25) is 0 Å². The van der Waals surface area contributed by atoms with Gasteiger partial charge in [-0.25, -0.2) is 0 Å². The Hall–Kier alpha value is -1.56. The zero-order chi connectivity index (χ0) is 11.7. The van der Waals surface area contributed by atoms with E-state index in [4.69, 9.17) is 11.5 Å². The third kappa shape index (κ3) is 2.16. The van der Waals surface area contributed by atoms with Crippen LogP contribution in [0.25, 0.3) is 0 Å². The molecule has 0 aliphatic carbocycles. The Balaban J connectivity index is 2.18. The summed E-state index contributed by atoms with van der Waals surface area (Å²) in [4.78, 5) is 10.1. The molecule has 5 N–H and O–H groups in total. The molecule has 1 aliphatic rings. The van der Waals surface area contributed by atoms with Crippen molar-refractivity contribution in [2.75, 3.05) is 29.5 Å². The fraction of sp³-hybridized carbons (Fsp3) is 0.600. The molecule has 0 spiro atoms. The number of rotatable bonds is 1. The van der Waals surface area contributed by atoms with E-state index in [0.717, 1.165) is 25.3 Å². The maximum Gasteiger partial charge on any atom is 0.223 e. The van der Waals surface area contributed by atoms with Crippen molar-refractivity contribution in [2.24, 2.45) is 5.92 Å². The van der Waals surface area contributed by atoms with E-state index in [1.807, 2.05) is 6.92 Å². The molecular formula is C10H17N5O. The fourth-order valence-corrected chi connectivity index (χ4v) is 1.97. The molecule has 0 amide bonds. The van der Waals surface area contributed by atoms with Crippen molar-refractivity contribution in [3.05, 3.63) is 6.07 Å². The molecule has 6 heteroatoms. The van der Waals surface area contributed by atoms with E-state index in [9.17, 15) is 5.11 Å². The summed E-state index contributed by atoms with van der Waals surface area (Å²) in [6, 6.07) is 1.71. The van der Waals surface area contributed by atoms with Crippen molar-refractivity contribution in [1.29, 1.82) is 0 Å². The van der Waals surface area contributed by atoms with Crippen molar-refractivity contribution in [3.63, 3.8) is 0 Å². The van der Waals surface area contributed by atoms with Crippen molar-refractivity contribution >= 4 is 17.6 Å². The minimum atomic E-state index is -0.229. The highest BCUT2D eigenvalue weighted by atomic mass is 16.3. The maximum absolute atomic E-state index is 9.64. The summed E-state index contributed by atoms with van der Waals surface area (Å²) in [5.41, 5.74) is 11.2. The summed E-state index contributed by atoms with van der Waals surface area (Å²) >= 11 is 0. The lowest BCUT2D eigenvalue weighted by molar-refractivity contribution is 0.0969. The minimum Gasteiger partial charge on any atom is -0.393 e. The van der Waals surface area contributed by atoms with Crippen LogP contribution < -0.4 is 16.4 Å². The van der Waals surface area contributed by atoms with Gasteiger partial charge in [-0.05, 0) is 12.3 Å². The van der Waals surface area contributed by atoms with Crippen LogP contribution in [0, 0.1) is 5.92 Å². The number of hydrogen-bond donors (Lipinski definition) is 3. The van der Waals surface area contributed by atoms with Crippen LogP contribution in [0.3, 0.4) is 0 Å². The lowest BCUT2D eigenvalue weighted by Crippen LogP contribution is -2.42. The summed E-state index contributed by atoms with van der Waals surface area (Å²) in [7, 11) is 0. The van der Waals surface area contributed by atoms with Crippen molar-refractivity contribution in [1.82, 2.24) is 9.97 Å². The molecule has 1 aromatic rings. The van der Waals surface area contributed by atoms with Crippen LogP contribution in [0.5, 0.6) is 0 Å². The van der Waals surface area contributed by atoms with Gasteiger partial charge in [0.2, 0.25) is 5.95 Å². The van der Waals surface area contributed by atoms with E-state index in [2.05, 4.69) is 14.9 Å². The van der Waals surface area contributed by atoms with Crippen LogP contribution in [0.4, 0.5) is 17.6 Å². The van der Waals surface area contributed by atoms with Crippen LogP contribution in [0.15, 0.2) is 6.07 Å². The molecule has 0 bridgehead atoms. The second kappa shape index (κ2) is 4.13. The molecule has 1 aromatic heterocycles. The van der Waals surface area contributed by atoms with E-state index < -0.39 is 0 Å². The van der Waals surface area contributed by atoms with Crippen LogP contribution >= 0.6 is 0 Å². The Morgan fingerprint density at radius 2 is 2.19 bits per heavy atom. The molecule has 2 heterocycles. The van der Waals surface area contributed by atoms with Gasteiger partial charge in [-0.15, -0.1) is 0 Å². The normalized spacial score (nSPS) is 25.8. The molecule has 2 atom stereocenters. The number of anilines is 3. The SMILES string of the molecule is CC1CN(c2cc(N)nc(N)n2)CCC1O. The second-order valence-corrected chi connectivity index (χ2v) is 4.29. The molecule has 1 saturated heterocycles. The number of aromatic nitrogens is 2. The summed E-state index contributed by atoms with van der Waals surface area (Å²) in [6.45, 7) is 3.54. The molecule has 88 valence electrons. The first-order valence-corrected chi connectivity index (χ1v) is 5.39. The third-order valence-corrected chi connectivity index (χ3v) is 2.93. The third-order valence-electron chi connectivity index (χ3n) is 2.93. The van der Waals surface area contributed by atoms with Crippen LogP contribution in [0.1, 0.15) is 13.3 Å². The maximum atomic E-state index is 9.64. The number of nitrogens with zero attached hydrogens (tertiary/aromatic N) is 3. The van der Waals surface area contributed by atoms with E-state index in [-0.39, 0.29) is 18.0 Å². The van der Waals surface area contributed by atoms with Gasteiger partial charge >= 0.3 is 0 Å². The average Bonchev–Trinajstić information content (AvgIpc) is 2.20. The summed E-state index contributed by atoms with van der Waals surface area (Å²) < 4.78 is 0. The summed E-state index contributed by atoms with van der Waals surface area (Å²) in [5.74, 6) is 1.53. The molecule has 6 nitrogen and oxygen atoms in total. The fourth-order valence-electron chi connectivity index (χ4n) is 1.97. The van der Waals surface area contributed by atoms with Gasteiger partial charge in [0.05, 0.1) is 6.10 Å². The second-order valence-electron chi connectivity index (χ2n) is 4.29. The molecule has 1 aliphatic heterocycles. The minimum absolute atomic E-state index is 0.189. The smallest absolute Gasteiger partial charge is 0.223 e. The number of piperidine rings is 1. The number of aliphatic hydroxyl groups excluding tert-OH is 1. The van der Waals surface area contributed by atoms with Gasteiger partial charge < -0.3 is 21.5 Å². The van der Waals surface area contributed by atoms with Gasteiger partial charge in [0.25, 0.3) is 0 Å². The lowest BCUT2D eigenvalue weighted by atomic mass is 9.97. The predicted molar refractivity (Wildman–Crippen MR) is 62.9 cm³/mol. The summed E-state index contributed by atoms with van der Waals surface area (Å²) in [5, 5.41) is 9.64. The topological polar surface area (TPSA) is 101 Å². The molecule has 16 heavy (non-hydrogen) atoms. The Morgan fingerprint density at radius 3 is 2.81 bits per heavy atom. The standard InChI is InChI=1S/C10H17N5O/c1-6-5-15(3-2-7(6)16)9-4-8(11)13-10(12)14-9/h4,6-7,16H,2-3,5H2,1H3,(H4,11,12,13,14). The van der Waals surface area contributed by atoms with Crippen LogP contribution in [0.2, 0.25) is 0 Å². The van der Waals surface area contributed by atoms with Gasteiger partial charge in [-0.2, -0.15) is 9.97 Å². The Morgan fingerprint density at radius 1 is 1.44 bits per heavy atom. The number of hydrogen-bond acceptors (Lipinski definition) is 6. The Labute approximate surface area is 94.3 Å². The number of nitrogens with two attached hydrogens (primary N) is 2. The van der Waals surface area contributed by atoms with Crippen LogP contribution in [-0.4, -0.2) is 34.3 Å². The number of nitrogen functional groups attached to an aromatic ring is 2. The number of aliphatic hydroxyl groups is 1. The first-order valence-electron chi connectivity index (χ1n) is 5.39. The molecule has 0 aromatic carbocycles. The zero-order valence-electron chi connectivity index (χ0n) is 9.30. The van der Waals surface area contributed by atoms with Crippen LogP contribution in [-0.2, 0) is 0 Å². The molecule has 0 saturated carbocycles. The van der Waals surface area contributed by atoms with E-state index >= 15 is 0 Å². The van der Waals surface area contributed by atoms with E-state index in [0.29, 0.717) is 5.82 Å². The highest BCUT2D eigenvalue weighted by Gasteiger charge is 2.25. The first kappa shape index (κ1) is 10.9. The lowest BCUT2D eigenvalue weighted by Gasteiger charge is -2.35. The molecule has 1 fully saturated rings. The van der Waals surface area contributed by atoms with Crippen molar-refractivity contribution in [2.45, 2.75) is 19.4 Å². The predicted octanol–water partition coefficient (Wildman–Crippen LogP) is -0.152. The zero-order valence-corrected chi connectivity index (χ0v) is 9.30. The molecular weight excluding hydrogens is 206 g/mol. The van der Waals surface area contributed by atoms with E-state index in [1.54, 1.807) is 6.07 Å². The van der Waals surface area contributed by atoms with Gasteiger partial charge in [-0.1, -0.05) is 6.92 Å². The monoisotopic (exact) mass is 223 g/mol. The quantitative estimate of drug-likeness (QED) is 0.612. The molecule has 2 unspecified atom stereocenters. The van der Waals surface area contributed by atoms with Gasteiger partial charge in [0.15, 0.2) is 0 Å². The Kier molecular flexibility index (Phi) is 2.82. The average molecular weight is 223 g/mol. The summed E-state index contributed by atoms with van der Waals surface area (Å²) in [6.07, 6.45) is 0.512. The molecule has 2 rings (SSSR count). The van der Waals surface area contributed by atoms with Crippen molar-refractivity contribution in [3.8, 4) is 0 Å².